The molecule has 103 heavy (non-hydrogen) atoms. The summed E-state index contributed by atoms with van der Waals surface area (Å²) in [7, 11) is -34.7. The first kappa shape index (κ1) is 84.6. The molecule has 0 radical (unpaired) electrons. The zero-order chi connectivity index (χ0) is 74.2. The molecule has 6 saturated heterocycles. The molecule has 596 valence electrons. The van der Waals surface area contributed by atoms with Crippen LogP contribution in [0.1, 0.15) is 154 Å². The average Bonchev–Trinajstić information content (AvgIpc) is 0.955. The second kappa shape index (κ2) is 32.7. The Balaban J connectivity index is 0.728. The standard InChI is InChI=1S/C74H152O16Si13/c1-91(2,41-35-57-23-29-63-69(51-57)75-63)83-102(84-92(3,4)42-36-58-24-30-64-70(52-58)76-64,85-93(5,6)43-37-59-25-31-65-71(53-59)77-65)89-99(17,18)49-47-97(13,14)81-101(21,22)82-98(15,16)48-50-100(19,20)90-103(86-94(7,8)44-38-60-26-32-66-72(54-60)78-66,87-95(9,10)45-39-61-27-33-67-73(55-61)79-67)88-96(11,12)46-40-62-28-34-68-74(56-62)80-68/h57-74H,23-56H2,1-22H3. The molecule has 6 heterocycles. The van der Waals surface area contributed by atoms with E-state index in [2.05, 4.69) is 144 Å². The third kappa shape index (κ3) is 26.6. The van der Waals surface area contributed by atoms with Crippen molar-refractivity contribution in [3.8, 4) is 0 Å². The lowest BCUT2D eigenvalue weighted by molar-refractivity contribution is 0.141. The summed E-state index contributed by atoms with van der Waals surface area (Å²) in [6.45, 7) is 53.7. The van der Waals surface area contributed by atoms with Gasteiger partial charge in [-0.3, -0.25) is 0 Å². The zero-order valence-corrected chi connectivity index (χ0v) is 82.5. The van der Waals surface area contributed by atoms with E-state index in [0.717, 1.165) is 60.4 Å². The molecule has 29 heteroatoms. The maximum absolute atomic E-state index is 8.06. The van der Waals surface area contributed by atoms with E-state index in [-0.39, 0.29) is 0 Å². The lowest BCUT2D eigenvalue weighted by Gasteiger charge is -2.47. The molecular weight excluding hydrogens is 1510 g/mol. The Morgan fingerprint density at radius 2 is 0.330 bits per heavy atom. The van der Waals surface area contributed by atoms with Crippen molar-refractivity contribution in [1.29, 1.82) is 0 Å². The molecule has 6 aliphatic heterocycles. The van der Waals surface area contributed by atoms with E-state index >= 15 is 0 Å². The second-order valence-electron chi connectivity index (χ2n) is 42.6. The van der Waals surface area contributed by atoms with Gasteiger partial charge in [0.15, 0.2) is 83.2 Å². The fourth-order valence-electron chi connectivity index (χ4n) is 19.8. The first-order valence-electron chi connectivity index (χ1n) is 42.7. The fourth-order valence-corrected chi connectivity index (χ4v) is 79.5. The minimum atomic E-state index is -3.80. The maximum Gasteiger partial charge on any atom is 0.636 e. The van der Waals surface area contributed by atoms with Crippen molar-refractivity contribution in [3.63, 3.8) is 0 Å². The van der Waals surface area contributed by atoms with Crippen molar-refractivity contribution in [3.05, 3.63) is 0 Å². The van der Waals surface area contributed by atoms with Crippen molar-refractivity contribution in [2.24, 2.45) is 35.5 Å². The number of epoxide rings is 6. The molecule has 18 unspecified atom stereocenters. The number of hydrogen-bond acceptors (Lipinski definition) is 16. The summed E-state index contributed by atoms with van der Waals surface area (Å²) in [6, 6.07) is 10.3. The van der Waals surface area contributed by atoms with E-state index in [1.165, 1.54) is 154 Å². The van der Waals surface area contributed by atoms with Crippen molar-refractivity contribution in [2.45, 2.75) is 432 Å². The van der Waals surface area contributed by atoms with Gasteiger partial charge in [-0.2, -0.15) is 0 Å². The Morgan fingerprint density at radius 3 is 0.485 bits per heavy atom. The Hall–Kier alpha value is 2.18. The van der Waals surface area contributed by atoms with Crippen LogP contribution in [0.2, 0.25) is 204 Å². The van der Waals surface area contributed by atoms with Crippen LogP contribution in [-0.4, -0.2) is 183 Å². The van der Waals surface area contributed by atoms with E-state index in [1.54, 1.807) is 0 Å². The Labute approximate surface area is 642 Å². The summed E-state index contributed by atoms with van der Waals surface area (Å²) < 4.78 is 116. The number of rotatable bonds is 44. The van der Waals surface area contributed by atoms with Gasteiger partial charge in [0.1, 0.15) is 0 Å². The fraction of sp³-hybridized carbons (Fsp3) is 1.00. The molecule has 0 N–H and O–H groups in total. The minimum Gasteiger partial charge on any atom is -0.437 e. The van der Waals surface area contributed by atoms with Crippen LogP contribution in [0, 0.1) is 35.5 Å². The van der Waals surface area contributed by atoms with E-state index in [0.29, 0.717) is 109 Å². The largest absolute Gasteiger partial charge is 0.636 e. The van der Waals surface area contributed by atoms with Gasteiger partial charge in [0.25, 0.3) is 0 Å². The minimum absolute atomic E-state index is 0.478. The summed E-state index contributed by atoms with van der Waals surface area (Å²) in [5.74, 6) is 4.13. The smallest absolute Gasteiger partial charge is 0.437 e. The van der Waals surface area contributed by atoms with Gasteiger partial charge in [-0.1, -0.05) is 38.5 Å². The molecule has 12 rings (SSSR count). The summed E-state index contributed by atoms with van der Waals surface area (Å²) >= 11 is 0. The van der Waals surface area contributed by atoms with Crippen LogP contribution >= 0.6 is 0 Å². The van der Waals surface area contributed by atoms with Gasteiger partial charge in [-0.05, 0) is 356 Å². The molecule has 0 spiro atoms. The Kier molecular flexibility index (Phi) is 26.8. The summed E-state index contributed by atoms with van der Waals surface area (Å²) in [5.41, 5.74) is 0. The lowest BCUT2D eigenvalue weighted by atomic mass is 9.88. The molecule has 6 aliphatic carbocycles. The number of ether oxygens (including phenoxy) is 6. The highest BCUT2D eigenvalue weighted by Gasteiger charge is 2.62. The van der Waals surface area contributed by atoms with Crippen LogP contribution < -0.4 is 0 Å². The van der Waals surface area contributed by atoms with Gasteiger partial charge in [-0.25, -0.2) is 0 Å². The molecule has 0 aromatic heterocycles. The molecule has 0 bridgehead atoms. The number of hydrogen-bond donors (Lipinski definition) is 0. The highest BCUT2D eigenvalue weighted by atomic mass is 28.6. The molecule has 12 aliphatic rings. The first-order chi connectivity index (χ1) is 47.8. The van der Waals surface area contributed by atoms with Gasteiger partial charge in [0, 0.05) is 0 Å². The molecule has 12 fully saturated rings. The second-order valence-corrected chi connectivity index (χ2v) is 95.8. The quantitative estimate of drug-likeness (QED) is 0.0417. The molecule has 0 aromatic carbocycles. The van der Waals surface area contributed by atoms with Crippen molar-refractivity contribution in [1.82, 2.24) is 0 Å². The highest BCUT2D eigenvalue weighted by Crippen LogP contribution is 2.50. The molecule has 0 amide bonds. The summed E-state index contributed by atoms with van der Waals surface area (Å²) in [6.07, 6.45) is 35.0. The van der Waals surface area contributed by atoms with E-state index in [1.807, 2.05) is 0 Å². The molecular formula is C74H152O16Si13. The topological polar surface area (TPSA) is 167 Å². The van der Waals surface area contributed by atoms with Crippen LogP contribution in [0.25, 0.3) is 0 Å². The predicted molar refractivity (Wildman–Crippen MR) is 446 cm³/mol. The van der Waals surface area contributed by atoms with Crippen LogP contribution in [0.15, 0.2) is 0 Å². The average molecular weight is 1660 g/mol. The van der Waals surface area contributed by atoms with E-state index < -0.39 is 110 Å². The van der Waals surface area contributed by atoms with Crippen molar-refractivity contribution >= 4 is 110 Å². The van der Waals surface area contributed by atoms with Gasteiger partial charge in [0.05, 0.1) is 73.2 Å². The molecule has 6 saturated carbocycles. The maximum atomic E-state index is 8.06. The van der Waals surface area contributed by atoms with E-state index in [9.17, 15) is 0 Å². The molecule has 16 nitrogen and oxygen atoms in total. The Morgan fingerprint density at radius 1 is 0.184 bits per heavy atom. The first-order valence-corrected chi connectivity index (χ1v) is 79.9. The monoisotopic (exact) mass is 1660 g/mol. The normalized spacial score (nSPS) is 35.1. The lowest BCUT2D eigenvalue weighted by Crippen LogP contribution is -2.67. The summed E-state index contributed by atoms with van der Waals surface area (Å²) in [4.78, 5) is 0. The van der Waals surface area contributed by atoms with Crippen molar-refractivity contribution in [2.75, 3.05) is 0 Å². The summed E-state index contributed by atoms with van der Waals surface area (Å²) in [5, 5.41) is 0. The van der Waals surface area contributed by atoms with Gasteiger partial charge >= 0.3 is 26.7 Å². The van der Waals surface area contributed by atoms with Crippen LogP contribution in [-0.2, 0) is 69.6 Å². The van der Waals surface area contributed by atoms with Gasteiger partial charge in [-0.15, -0.1) is 0 Å². The predicted octanol–water partition coefficient (Wildman–Crippen LogP) is 20.5. The zero-order valence-electron chi connectivity index (χ0n) is 69.5. The Bertz CT molecular complexity index is 2400. The molecule has 18 atom stereocenters. The SMILES string of the molecule is C[Si](C)(CC[Si](C)(C)O[Si](O[Si](C)(C)CCC1CCC2OC2C1)(O[Si](C)(C)CCC1CCC2OC2C1)O[Si](C)(C)CCC1CCC2OC2C1)O[Si](C)(C)O[Si](C)(C)CC[Si](C)(C)O[Si](O[Si](C)(C)CCC1CCC2OC2C1)(O[Si](C)(C)CCC1CCC2OC2C1)O[Si](C)(C)CCC1CCC2OC2C1. The highest BCUT2D eigenvalue weighted by molar-refractivity contribution is 6.95. The van der Waals surface area contributed by atoms with Crippen LogP contribution in [0.5, 0.6) is 0 Å². The van der Waals surface area contributed by atoms with Gasteiger partial charge < -0.3 is 69.6 Å². The van der Waals surface area contributed by atoms with Gasteiger partial charge in [0.2, 0.25) is 0 Å². The third-order valence-corrected chi connectivity index (χ3v) is 76.3. The third-order valence-electron chi connectivity index (χ3n) is 26.5. The van der Waals surface area contributed by atoms with Crippen LogP contribution in [0.3, 0.4) is 0 Å². The van der Waals surface area contributed by atoms with E-state index in [4.69, 9.17) is 69.6 Å². The van der Waals surface area contributed by atoms with Crippen LogP contribution in [0.4, 0.5) is 0 Å². The molecule has 0 aromatic rings. The number of fused-ring (bicyclic) bond motifs is 6. The van der Waals surface area contributed by atoms with Crippen molar-refractivity contribution < 1.29 is 69.6 Å².